The van der Waals surface area contributed by atoms with Crippen LogP contribution in [0.1, 0.15) is 80.4 Å². The zero-order valence-electron chi connectivity index (χ0n) is 22.1. The van der Waals surface area contributed by atoms with E-state index in [1.807, 2.05) is 4.52 Å². The Hall–Kier alpha value is -2.86. The van der Waals surface area contributed by atoms with E-state index in [-0.39, 0.29) is 12.1 Å². The lowest BCUT2D eigenvalue weighted by atomic mass is 9.95. The number of rotatable bonds is 10. The highest BCUT2D eigenvalue weighted by molar-refractivity contribution is 5.53. The van der Waals surface area contributed by atoms with Crippen LogP contribution in [0.15, 0.2) is 48.7 Å². The molecule has 1 atom stereocenters. The molecule has 2 N–H and O–H groups in total. The lowest BCUT2D eigenvalue weighted by molar-refractivity contribution is 0.188. The molecule has 2 aromatic heterocycles. The first-order valence-electron chi connectivity index (χ1n) is 13.9. The Bertz CT molecular complexity index is 1190. The number of piperidine rings is 1. The van der Waals surface area contributed by atoms with Gasteiger partial charge in [0.05, 0.1) is 11.7 Å². The molecule has 192 valence electrons. The summed E-state index contributed by atoms with van der Waals surface area (Å²) in [6, 6.07) is 13.8. The molecule has 2 fully saturated rings. The summed E-state index contributed by atoms with van der Waals surface area (Å²) in [5, 5.41) is 5.04. The maximum atomic E-state index is 6.00. The van der Waals surface area contributed by atoms with Crippen molar-refractivity contribution in [3.8, 4) is 0 Å². The standard InChI is InChI=1S/C30H42N6/c1-4-5-6-7-12-24-13-8-9-14-25(24)17-22(2)35-16-11-10-15-28(35)27-19-30-32-29(34-20-26(31)21-34)18-23(3)36(30)33-27/h8-9,13-14,18-19,26,28H,2,4-7,10-12,15-17,20-21,31H2,1,3H3. The molecule has 0 amide bonds. The highest BCUT2D eigenvalue weighted by Crippen LogP contribution is 2.35. The number of nitrogens with zero attached hydrogens (tertiary/aromatic N) is 5. The molecule has 2 aliphatic heterocycles. The quantitative estimate of drug-likeness (QED) is 0.379. The van der Waals surface area contributed by atoms with Crippen LogP contribution < -0.4 is 10.6 Å². The predicted octanol–water partition coefficient (Wildman–Crippen LogP) is 5.59. The van der Waals surface area contributed by atoms with Crippen molar-refractivity contribution >= 4 is 11.5 Å². The van der Waals surface area contributed by atoms with Gasteiger partial charge in [-0.2, -0.15) is 5.10 Å². The van der Waals surface area contributed by atoms with Crippen molar-refractivity contribution in [1.29, 1.82) is 0 Å². The van der Waals surface area contributed by atoms with Crippen LogP contribution in [0.5, 0.6) is 0 Å². The topological polar surface area (TPSA) is 62.7 Å². The number of nitrogens with two attached hydrogens (primary N) is 1. The molecule has 0 aliphatic carbocycles. The number of anilines is 1. The molecule has 1 unspecified atom stereocenters. The minimum Gasteiger partial charge on any atom is -0.366 e. The lowest BCUT2D eigenvalue weighted by Crippen LogP contribution is -2.56. The van der Waals surface area contributed by atoms with Crippen molar-refractivity contribution in [3.63, 3.8) is 0 Å². The second kappa shape index (κ2) is 11.0. The molecule has 1 aromatic carbocycles. The summed E-state index contributed by atoms with van der Waals surface area (Å²) in [6.07, 6.45) is 10.8. The Kier molecular flexibility index (Phi) is 7.61. The maximum Gasteiger partial charge on any atom is 0.157 e. The van der Waals surface area contributed by atoms with E-state index in [2.05, 4.69) is 66.6 Å². The van der Waals surface area contributed by atoms with E-state index in [9.17, 15) is 0 Å². The number of likely N-dealkylation sites (tertiary alicyclic amines) is 1. The van der Waals surface area contributed by atoms with Crippen molar-refractivity contribution in [1.82, 2.24) is 19.5 Å². The summed E-state index contributed by atoms with van der Waals surface area (Å²) >= 11 is 0. The van der Waals surface area contributed by atoms with Gasteiger partial charge < -0.3 is 15.5 Å². The highest BCUT2D eigenvalue weighted by Gasteiger charge is 2.29. The van der Waals surface area contributed by atoms with Gasteiger partial charge in [-0.1, -0.05) is 57.0 Å². The van der Waals surface area contributed by atoms with Gasteiger partial charge in [0.2, 0.25) is 0 Å². The van der Waals surface area contributed by atoms with Crippen LogP contribution in [-0.4, -0.2) is 45.2 Å². The Balaban J connectivity index is 1.34. The molecule has 3 aromatic rings. The minimum absolute atomic E-state index is 0.255. The van der Waals surface area contributed by atoms with Crippen LogP contribution >= 0.6 is 0 Å². The SMILES string of the molecule is C=C(Cc1ccccc1CCCCCC)N1CCCCC1c1cc2nc(N3CC(N)C3)cc(C)n2n1. The van der Waals surface area contributed by atoms with Crippen LogP contribution in [0.3, 0.4) is 0 Å². The van der Waals surface area contributed by atoms with E-state index in [0.717, 1.165) is 61.7 Å². The molecule has 0 bridgehead atoms. The van der Waals surface area contributed by atoms with E-state index in [1.165, 1.54) is 55.3 Å². The smallest absolute Gasteiger partial charge is 0.157 e. The second-order valence-electron chi connectivity index (χ2n) is 10.8. The van der Waals surface area contributed by atoms with Gasteiger partial charge in [0, 0.05) is 55.6 Å². The number of aromatic nitrogens is 3. The van der Waals surface area contributed by atoms with Crippen molar-refractivity contribution in [2.45, 2.75) is 83.7 Å². The Morgan fingerprint density at radius 3 is 2.67 bits per heavy atom. The largest absolute Gasteiger partial charge is 0.366 e. The summed E-state index contributed by atoms with van der Waals surface area (Å²) in [7, 11) is 0. The second-order valence-corrected chi connectivity index (χ2v) is 10.8. The normalized spacial score (nSPS) is 18.6. The molecule has 0 saturated carbocycles. The minimum atomic E-state index is 0.255. The third kappa shape index (κ3) is 5.29. The van der Waals surface area contributed by atoms with Gasteiger partial charge in [0.1, 0.15) is 5.82 Å². The molecule has 0 spiro atoms. The zero-order chi connectivity index (χ0) is 25.1. The number of hydrogen-bond donors (Lipinski definition) is 1. The average molecular weight is 487 g/mol. The zero-order valence-corrected chi connectivity index (χ0v) is 22.1. The van der Waals surface area contributed by atoms with E-state index in [0.29, 0.717) is 0 Å². The van der Waals surface area contributed by atoms with Crippen LogP contribution in [0.4, 0.5) is 5.82 Å². The fourth-order valence-electron chi connectivity index (χ4n) is 5.81. The average Bonchev–Trinajstić information content (AvgIpc) is 3.30. The van der Waals surface area contributed by atoms with Gasteiger partial charge in [0.25, 0.3) is 0 Å². The van der Waals surface area contributed by atoms with Gasteiger partial charge in [-0.05, 0) is 50.2 Å². The third-order valence-electron chi connectivity index (χ3n) is 7.91. The Labute approximate surface area is 216 Å². The molecule has 36 heavy (non-hydrogen) atoms. The van der Waals surface area contributed by atoms with Gasteiger partial charge in [-0.25, -0.2) is 9.50 Å². The van der Waals surface area contributed by atoms with Gasteiger partial charge in [-0.3, -0.25) is 0 Å². The first kappa shape index (κ1) is 24.8. The fraction of sp³-hybridized carbons (Fsp3) is 0.533. The van der Waals surface area contributed by atoms with Crippen molar-refractivity contribution < 1.29 is 0 Å². The number of fused-ring (bicyclic) bond motifs is 1. The van der Waals surface area contributed by atoms with Gasteiger partial charge >= 0.3 is 0 Å². The molecule has 2 aliphatic rings. The van der Waals surface area contributed by atoms with Crippen LogP contribution in [0.25, 0.3) is 5.65 Å². The number of unbranched alkanes of at least 4 members (excludes halogenated alkanes) is 3. The van der Waals surface area contributed by atoms with Crippen LogP contribution in [0, 0.1) is 6.92 Å². The molecule has 4 heterocycles. The van der Waals surface area contributed by atoms with E-state index in [1.54, 1.807) is 0 Å². The first-order valence-corrected chi connectivity index (χ1v) is 13.9. The van der Waals surface area contributed by atoms with Gasteiger partial charge in [0.15, 0.2) is 5.65 Å². The summed E-state index contributed by atoms with van der Waals surface area (Å²) < 4.78 is 2.00. The lowest BCUT2D eigenvalue weighted by Gasteiger charge is -2.38. The Morgan fingerprint density at radius 1 is 1.08 bits per heavy atom. The van der Waals surface area contributed by atoms with Gasteiger partial charge in [-0.15, -0.1) is 0 Å². The molecule has 2 saturated heterocycles. The highest BCUT2D eigenvalue weighted by atomic mass is 15.3. The number of allylic oxidation sites excluding steroid dienone is 1. The molecular weight excluding hydrogens is 444 g/mol. The molecule has 6 heteroatoms. The van der Waals surface area contributed by atoms with E-state index < -0.39 is 0 Å². The van der Waals surface area contributed by atoms with E-state index in [4.69, 9.17) is 15.8 Å². The van der Waals surface area contributed by atoms with Crippen molar-refractivity contribution in [3.05, 3.63) is 71.2 Å². The summed E-state index contributed by atoms with van der Waals surface area (Å²) in [4.78, 5) is 9.70. The molecule has 0 radical (unpaired) electrons. The monoisotopic (exact) mass is 486 g/mol. The van der Waals surface area contributed by atoms with Crippen LogP contribution in [-0.2, 0) is 12.8 Å². The summed E-state index contributed by atoms with van der Waals surface area (Å²) in [5.41, 5.74) is 13.3. The van der Waals surface area contributed by atoms with Crippen molar-refractivity contribution in [2.75, 3.05) is 24.5 Å². The number of hydrogen-bond acceptors (Lipinski definition) is 5. The molecule has 5 rings (SSSR count). The number of aryl methyl sites for hydroxylation is 2. The third-order valence-corrected chi connectivity index (χ3v) is 7.91. The maximum absolute atomic E-state index is 6.00. The first-order chi connectivity index (χ1) is 17.5. The van der Waals surface area contributed by atoms with E-state index >= 15 is 0 Å². The molecule has 6 nitrogen and oxygen atoms in total. The fourth-order valence-corrected chi connectivity index (χ4v) is 5.81. The Morgan fingerprint density at radius 2 is 1.89 bits per heavy atom. The summed E-state index contributed by atoms with van der Waals surface area (Å²) in [6.45, 7) is 11.8. The molecular formula is C30H42N6. The van der Waals surface area contributed by atoms with Crippen molar-refractivity contribution in [2.24, 2.45) is 5.73 Å². The number of benzene rings is 1. The predicted molar refractivity (Wildman–Crippen MR) is 148 cm³/mol. The van der Waals surface area contributed by atoms with Crippen LogP contribution in [0.2, 0.25) is 0 Å². The summed E-state index contributed by atoms with van der Waals surface area (Å²) in [5.74, 6) is 1.01.